The van der Waals surface area contributed by atoms with E-state index in [0.29, 0.717) is 18.0 Å². The van der Waals surface area contributed by atoms with Crippen LogP contribution in [0.5, 0.6) is 17.2 Å². The Balaban J connectivity index is 1.77. The summed E-state index contributed by atoms with van der Waals surface area (Å²) < 4.78 is 16.4. The molecular weight excluding hydrogens is 392 g/mol. The Bertz CT molecular complexity index is 1050. The fraction of sp³-hybridized carbons (Fsp3) is 0.240. The zero-order valence-corrected chi connectivity index (χ0v) is 17.9. The maximum atomic E-state index is 13.3. The molecule has 0 bridgehead atoms. The number of fused-ring (bicyclic) bond motifs is 1. The van der Waals surface area contributed by atoms with Crippen LogP contribution in [-0.2, 0) is 6.42 Å². The lowest BCUT2D eigenvalue weighted by atomic mass is 9.87. The Morgan fingerprint density at radius 2 is 1.58 bits per heavy atom. The lowest BCUT2D eigenvalue weighted by molar-refractivity contribution is 0.193. The number of nitrogens with one attached hydrogen (secondary N) is 1. The molecule has 6 heteroatoms. The van der Waals surface area contributed by atoms with Crippen molar-refractivity contribution in [3.8, 4) is 17.2 Å². The van der Waals surface area contributed by atoms with Gasteiger partial charge in [-0.1, -0.05) is 30.3 Å². The predicted octanol–water partition coefficient (Wildman–Crippen LogP) is 4.89. The molecule has 0 saturated heterocycles. The molecule has 4 rings (SSSR count). The summed E-state index contributed by atoms with van der Waals surface area (Å²) in [7, 11) is 4.89. The summed E-state index contributed by atoms with van der Waals surface area (Å²) in [4.78, 5) is 15.2. The van der Waals surface area contributed by atoms with Gasteiger partial charge in [-0.15, -0.1) is 0 Å². The lowest BCUT2D eigenvalue weighted by Gasteiger charge is -2.38. The summed E-state index contributed by atoms with van der Waals surface area (Å²) in [5, 5.41) is 3.02. The van der Waals surface area contributed by atoms with Crippen molar-refractivity contribution in [3.05, 3.63) is 83.4 Å². The highest BCUT2D eigenvalue weighted by atomic mass is 16.5. The molecule has 1 atom stereocenters. The summed E-state index contributed by atoms with van der Waals surface area (Å²) in [5.41, 5.74) is 3.93. The number of hydrogen-bond donors (Lipinski definition) is 1. The average Bonchev–Trinajstić information content (AvgIpc) is 2.83. The first-order chi connectivity index (χ1) is 15.1. The molecule has 3 aromatic rings. The van der Waals surface area contributed by atoms with Crippen molar-refractivity contribution in [2.24, 2.45) is 0 Å². The average molecular weight is 418 g/mol. The van der Waals surface area contributed by atoms with E-state index in [1.807, 2.05) is 71.6 Å². The van der Waals surface area contributed by atoms with Gasteiger partial charge < -0.3 is 24.4 Å². The molecule has 0 fully saturated rings. The number of benzene rings is 3. The van der Waals surface area contributed by atoms with Crippen LogP contribution in [-0.4, -0.2) is 38.8 Å². The second-order valence-corrected chi connectivity index (χ2v) is 7.32. The van der Waals surface area contributed by atoms with Crippen LogP contribution < -0.4 is 19.5 Å². The molecule has 31 heavy (non-hydrogen) atoms. The monoisotopic (exact) mass is 418 g/mol. The van der Waals surface area contributed by atoms with Gasteiger partial charge in [-0.3, -0.25) is 0 Å². The molecule has 0 saturated carbocycles. The largest absolute Gasteiger partial charge is 0.497 e. The third kappa shape index (κ3) is 4.14. The highest BCUT2D eigenvalue weighted by Crippen LogP contribution is 2.41. The molecule has 1 heterocycles. The first-order valence-electron chi connectivity index (χ1n) is 10.2. The van der Waals surface area contributed by atoms with Gasteiger partial charge in [-0.25, -0.2) is 4.79 Å². The Kier molecular flexibility index (Phi) is 5.98. The fourth-order valence-corrected chi connectivity index (χ4v) is 4.03. The van der Waals surface area contributed by atoms with Crippen molar-refractivity contribution >= 4 is 11.7 Å². The predicted molar refractivity (Wildman–Crippen MR) is 120 cm³/mol. The lowest BCUT2D eigenvalue weighted by Crippen LogP contribution is -2.43. The van der Waals surface area contributed by atoms with E-state index in [1.165, 1.54) is 0 Å². The summed E-state index contributed by atoms with van der Waals surface area (Å²) in [5.74, 6) is 2.11. The van der Waals surface area contributed by atoms with Crippen LogP contribution in [0.15, 0.2) is 66.7 Å². The number of nitrogens with zero attached hydrogens (tertiary/aromatic N) is 1. The second-order valence-electron chi connectivity index (χ2n) is 7.32. The minimum Gasteiger partial charge on any atom is -0.497 e. The second kappa shape index (κ2) is 9.00. The number of para-hydroxylation sites is 1. The van der Waals surface area contributed by atoms with Crippen LogP contribution >= 0.6 is 0 Å². The van der Waals surface area contributed by atoms with E-state index in [4.69, 9.17) is 14.2 Å². The summed E-state index contributed by atoms with van der Waals surface area (Å²) in [6.07, 6.45) is 0.727. The van der Waals surface area contributed by atoms with Crippen LogP contribution in [0.1, 0.15) is 22.7 Å². The zero-order valence-electron chi connectivity index (χ0n) is 17.9. The van der Waals surface area contributed by atoms with Crippen molar-refractivity contribution in [1.82, 2.24) is 4.90 Å². The van der Waals surface area contributed by atoms with Gasteiger partial charge in [0.25, 0.3) is 0 Å². The Morgan fingerprint density at radius 1 is 0.903 bits per heavy atom. The number of carbonyl (C=O) groups is 1. The molecule has 160 valence electrons. The standard InChI is InChI=1S/C25H26N2O4/c1-29-20-11-9-17(10-12-20)24-21-16-23(31-3)22(30-2)15-18(21)13-14-27(24)25(28)26-19-7-5-4-6-8-19/h4-12,15-16,24H,13-14H2,1-3H3,(H,26,28). The molecule has 0 spiro atoms. The van der Waals surface area contributed by atoms with Crippen LogP contribution in [0.4, 0.5) is 10.5 Å². The van der Waals surface area contributed by atoms with Crippen molar-refractivity contribution < 1.29 is 19.0 Å². The number of anilines is 1. The first-order valence-corrected chi connectivity index (χ1v) is 10.2. The molecule has 1 aliphatic rings. The first kappa shape index (κ1) is 20.6. The molecule has 1 aliphatic heterocycles. The van der Waals surface area contributed by atoms with E-state index < -0.39 is 0 Å². The molecule has 6 nitrogen and oxygen atoms in total. The number of methoxy groups -OCH3 is 3. The van der Waals surface area contributed by atoms with Gasteiger partial charge in [0.1, 0.15) is 5.75 Å². The molecule has 0 aromatic heterocycles. The van der Waals surface area contributed by atoms with Gasteiger partial charge in [0.2, 0.25) is 0 Å². The topological polar surface area (TPSA) is 60.0 Å². The van der Waals surface area contributed by atoms with Crippen molar-refractivity contribution in [2.45, 2.75) is 12.5 Å². The Labute approximate surface area is 182 Å². The van der Waals surface area contributed by atoms with E-state index in [0.717, 1.165) is 34.5 Å². The Hall–Kier alpha value is -3.67. The van der Waals surface area contributed by atoms with Gasteiger partial charge >= 0.3 is 6.03 Å². The van der Waals surface area contributed by atoms with Gasteiger partial charge in [-0.05, 0) is 59.5 Å². The van der Waals surface area contributed by atoms with Gasteiger partial charge in [0.05, 0.1) is 27.4 Å². The smallest absolute Gasteiger partial charge is 0.322 e. The number of hydrogen-bond acceptors (Lipinski definition) is 4. The third-order valence-corrected chi connectivity index (χ3v) is 5.59. The van der Waals surface area contributed by atoms with Crippen LogP contribution in [0, 0.1) is 0 Å². The van der Waals surface area contributed by atoms with Crippen molar-refractivity contribution in [2.75, 3.05) is 33.2 Å². The highest BCUT2D eigenvalue weighted by Gasteiger charge is 2.33. The number of ether oxygens (including phenoxy) is 3. The van der Waals surface area contributed by atoms with E-state index in [-0.39, 0.29) is 12.1 Å². The normalized spacial score (nSPS) is 15.1. The van der Waals surface area contributed by atoms with Gasteiger partial charge in [0.15, 0.2) is 11.5 Å². The quantitative estimate of drug-likeness (QED) is 0.641. The maximum Gasteiger partial charge on any atom is 0.322 e. The zero-order chi connectivity index (χ0) is 21.8. The summed E-state index contributed by atoms with van der Waals surface area (Å²) in [6, 6.07) is 20.9. The highest BCUT2D eigenvalue weighted by molar-refractivity contribution is 5.90. The van der Waals surface area contributed by atoms with Crippen molar-refractivity contribution in [3.63, 3.8) is 0 Å². The number of carbonyl (C=O) groups excluding carboxylic acids is 1. The number of amides is 2. The SMILES string of the molecule is COc1ccc(C2c3cc(OC)c(OC)cc3CCN2C(=O)Nc2ccccc2)cc1. The minimum atomic E-state index is -0.266. The number of rotatable bonds is 5. The van der Waals surface area contributed by atoms with E-state index in [1.54, 1.807) is 21.3 Å². The fourth-order valence-electron chi connectivity index (χ4n) is 4.03. The van der Waals surface area contributed by atoms with Crippen molar-refractivity contribution in [1.29, 1.82) is 0 Å². The molecule has 1 N–H and O–H groups in total. The third-order valence-electron chi connectivity index (χ3n) is 5.59. The summed E-state index contributed by atoms with van der Waals surface area (Å²) >= 11 is 0. The number of urea groups is 1. The molecule has 0 aliphatic carbocycles. The molecule has 3 aromatic carbocycles. The molecule has 1 unspecified atom stereocenters. The van der Waals surface area contributed by atoms with E-state index in [9.17, 15) is 4.79 Å². The molecular formula is C25H26N2O4. The van der Waals surface area contributed by atoms with E-state index in [2.05, 4.69) is 5.32 Å². The van der Waals surface area contributed by atoms with Gasteiger partial charge in [-0.2, -0.15) is 0 Å². The minimum absolute atomic E-state index is 0.146. The molecule has 2 amide bonds. The van der Waals surface area contributed by atoms with Crippen LogP contribution in [0.3, 0.4) is 0 Å². The summed E-state index contributed by atoms with van der Waals surface area (Å²) in [6.45, 7) is 0.581. The maximum absolute atomic E-state index is 13.3. The molecule has 0 radical (unpaired) electrons. The van der Waals surface area contributed by atoms with E-state index >= 15 is 0 Å². The Morgan fingerprint density at radius 3 is 2.23 bits per heavy atom. The van der Waals surface area contributed by atoms with Crippen LogP contribution in [0.25, 0.3) is 0 Å². The van der Waals surface area contributed by atoms with Gasteiger partial charge in [0, 0.05) is 12.2 Å². The van der Waals surface area contributed by atoms with Crippen LogP contribution in [0.2, 0.25) is 0 Å².